The van der Waals surface area contributed by atoms with Gasteiger partial charge in [-0.2, -0.15) is 0 Å². The van der Waals surface area contributed by atoms with Gasteiger partial charge in [0.2, 0.25) is 0 Å². The highest BCUT2D eigenvalue weighted by molar-refractivity contribution is 5.78. The average Bonchev–Trinajstić information content (AvgIpc) is 2.29. The topological polar surface area (TPSA) is 115 Å². The highest BCUT2D eigenvalue weighted by Crippen LogP contribution is 2.11. The van der Waals surface area contributed by atoms with Crippen molar-refractivity contribution >= 4 is 11.9 Å². The van der Waals surface area contributed by atoms with Crippen molar-refractivity contribution in [3.63, 3.8) is 0 Å². The zero-order chi connectivity index (χ0) is 16.3. The van der Waals surface area contributed by atoms with Crippen molar-refractivity contribution in [1.29, 1.82) is 0 Å². The number of hydrogen-bond donors (Lipinski definition) is 4. The maximum atomic E-state index is 10.0. The van der Waals surface area contributed by atoms with Crippen molar-refractivity contribution in [2.45, 2.75) is 34.6 Å². The molecule has 0 amide bonds. The van der Waals surface area contributed by atoms with Crippen LogP contribution in [0, 0.1) is 10.8 Å². The van der Waals surface area contributed by atoms with Crippen LogP contribution in [0.1, 0.15) is 34.6 Å². The molecule has 0 aromatic heterocycles. The summed E-state index contributed by atoms with van der Waals surface area (Å²) >= 11 is 0. The molecule has 0 fully saturated rings. The smallest absolute Gasteiger partial charge is 0.327 e. The summed E-state index contributed by atoms with van der Waals surface area (Å²) in [5.41, 5.74) is -0.889. The van der Waals surface area contributed by atoms with Crippen LogP contribution in [0.3, 0.4) is 0 Å². The lowest BCUT2D eigenvalue weighted by molar-refractivity contribution is -0.145. The molecule has 0 bridgehead atoms. The van der Waals surface area contributed by atoms with Crippen LogP contribution < -0.4 is 0 Å². The van der Waals surface area contributed by atoms with Gasteiger partial charge >= 0.3 is 11.9 Å². The van der Waals surface area contributed by atoms with E-state index in [2.05, 4.69) is 6.58 Å². The molecule has 0 radical (unpaired) electrons. The fourth-order valence-electron chi connectivity index (χ4n) is 0.0500. The first-order valence-electron chi connectivity index (χ1n) is 5.64. The Balaban J connectivity index is -0.000000206. The van der Waals surface area contributed by atoms with Gasteiger partial charge in [-0.25, -0.2) is 4.79 Å². The predicted molar refractivity (Wildman–Crippen MR) is 72.9 cm³/mol. The molecule has 19 heavy (non-hydrogen) atoms. The van der Waals surface area contributed by atoms with E-state index in [4.69, 9.17) is 20.4 Å². The van der Waals surface area contributed by atoms with Crippen LogP contribution in [0.25, 0.3) is 0 Å². The molecule has 0 unspecified atom stereocenters. The summed E-state index contributed by atoms with van der Waals surface area (Å²) in [6, 6.07) is 0. The monoisotopic (exact) mass is 278 g/mol. The fourth-order valence-corrected chi connectivity index (χ4v) is 0.0500. The van der Waals surface area contributed by atoms with E-state index < -0.39 is 17.4 Å². The van der Waals surface area contributed by atoms with E-state index in [-0.39, 0.29) is 18.6 Å². The number of aliphatic carboxylic acids is 2. The lowest BCUT2D eigenvalue weighted by Crippen LogP contribution is -2.20. The zero-order valence-corrected chi connectivity index (χ0v) is 12.3. The molecule has 0 aliphatic rings. The summed E-state index contributed by atoms with van der Waals surface area (Å²) in [5, 5.41) is 32.7. The molecule has 0 heterocycles. The van der Waals surface area contributed by atoms with Gasteiger partial charge in [-0.05, 0) is 20.8 Å². The highest BCUT2D eigenvalue weighted by atomic mass is 16.4. The minimum absolute atomic E-state index is 0.0451. The predicted octanol–water partition coefficient (Wildman–Crippen LogP) is 1.37. The van der Waals surface area contributed by atoms with E-state index in [9.17, 15) is 9.59 Å². The lowest BCUT2D eigenvalue weighted by Gasteiger charge is -2.16. The third kappa shape index (κ3) is 22.3. The van der Waals surface area contributed by atoms with Crippen molar-refractivity contribution in [2.24, 2.45) is 10.8 Å². The second kappa shape index (κ2) is 10.5. The van der Waals surface area contributed by atoms with E-state index in [0.29, 0.717) is 0 Å². The molecular weight excluding hydrogens is 252 g/mol. The minimum atomic E-state index is -0.981. The second-order valence-electron chi connectivity index (χ2n) is 5.58. The molecule has 0 aromatic rings. The van der Waals surface area contributed by atoms with Crippen LogP contribution in [-0.4, -0.2) is 45.6 Å². The normalized spacial score (nSPS) is 10.3. The van der Waals surface area contributed by atoms with Crippen LogP contribution in [0.4, 0.5) is 0 Å². The van der Waals surface area contributed by atoms with Crippen LogP contribution in [-0.2, 0) is 9.59 Å². The first kappa shape index (κ1) is 22.8. The molecule has 0 aliphatic heterocycles. The van der Waals surface area contributed by atoms with Gasteiger partial charge in [-0.1, -0.05) is 20.4 Å². The Morgan fingerprint density at radius 1 is 1.00 bits per heavy atom. The summed E-state index contributed by atoms with van der Waals surface area (Å²) in [7, 11) is 0. The quantitative estimate of drug-likeness (QED) is 0.580. The van der Waals surface area contributed by atoms with E-state index in [1.165, 1.54) is 0 Å². The van der Waals surface area contributed by atoms with Crippen LogP contribution in [0.2, 0.25) is 0 Å². The van der Waals surface area contributed by atoms with Crippen LogP contribution in [0.15, 0.2) is 12.7 Å². The van der Waals surface area contributed by atoms with E-state index >= 15 is 0 Å². The largest absolute Gasteiger partial charge is 0.481 e. The zero-order valence-electron chi connectivity index (χ0n) is 12.3. The maximum absolute atomic E-state index is 10.0. The molecular formula is C13H26O6. The standard InChI is InChI=1S/C5H10O2.C5H12O2.C3H4O2/c1-5(2,3)4(6)7;1-5(2,3-6)4-7;1-2-3(4)5/h1-3H3,(H,6,7);6-7H,3-4H2,1-2H3;2H,1H2,(H,4,5). The SMILES string of the molecule is C=CC(=O)O.CC(C)(C)C(=O)O.CC(C)(CO)CO. The summed E-state index contributed by atoms with van der Waals surface area (Å²) in [4.78, 5) is 19.3. The fraction of sp³-hybridized carbons (Fsp3) is 0.692. The maximum Gasteiger partial charge on any atom is 0.327 e. The van der Waals surface area contributed by atoms with Gasteiger partial charge in [0.25, 0.3) is 0 Å². The van der Waals surface area contributed by atoms with Gasteiger partial charge in [0, 0.05) is 11.5 Å². The van der Waals surface area contributed by atoms with Gasteiger partial charge < -0.3 is 20.4 Å². The number of carbonyl (C=O) groups is 2. The third-order valence-corrected chi connectivity index (χ3v) is 1.67. The number of aliphatic hydroxyl groups excluding tert-OH is 2. The highest BCUT2D eigenvalue weighted by Gasteiger charge is 2.18. The molecule has 0 saturated carbocycles. The molecule has 0 aromatic carbocycles. The molecule has 6 heteroatoms. The third-order valence-electron chi connectivity index (χ3n) is 1.67. The number of rotatable bonds is 3. The number of hydrogen-bond acceptors (Lipinski definition) is 4. The van der Waals surface area contributed by atoms with Gasteiger partial charge in [0.05, 0.1) is 18.6 Å². The number of carboxylic acid groups (broad SMARTS) is 2. The van der Waals surface area contributed by atoms with Crippen LogP contribution in [0.5, 0.6) is 0 Å². The molecule has 0 rings (SSSR count). The Morgan fingerprint density at radius 3 is 1.21 bits per heavy atom. The molecule has 4 N–H and O–H groups in total. The lowest BCUT2D eigenvalue weighted by atomic mass is 9.97. The average molecular weight is 278 g/mol. The van der Waals surface area contributed by atoms with Gasteiger partial charge in [0.15, 0.2) is 0 Å². The summed E-state index contributed by atoms with van der Waals surface area (Å²) < 4.78 is 0. The molecule has 6 nitrogen and oxygen atoms in total. The van der Waals surface area contributed by atoms with Crippen LogP contribution >= 0.6 is 0 Å². The Labute approximate surface area is 114 Å². The summed E-state index contributed by atoms with van der Waals surface area (Å²) in [5.74, 6) is -1.74. The first-order valence-corrected chi connectivity index (χ1v) is 5.64. The van der Waals surface area contributed by atoms with E-state index in [0.717, 1.165) is 6.08 Å². The van der Waals surface area contributed by atoms with E-state index in [1.807, 2.05) is 0 Å². The molecule has 0 saturated heterocycles. The molecule has 0 aliphatic carbocycles. The summed E-state index contributed by atoms with van der Waals surface area (Å²) in [6.45, 7) is 11.6. The minimum Gasteiger partial charge on any atom is -0.481 e. The van der Waals surface area contributed by atoms with Crippen molar-refractivity contribution in [3.8, 4) is 0 Å². The Hall–Kier alpha value is -1.40. The molecule has 0 atom stereocenters. The Kier molecular flexibility index (Phi) is 12.6. The van der Waals surface area contributed by atoms with Gasteiger partial charge in [-0.3, -0.25) is 4.79 Å². The summed E-state index contributed by atoms with van der Waals surface area (Å²) in [6.07, 6.45) is 0.833. The molecule has 0 spiro atoms. The first-order chi connectivity index (χ1) is 8.33. The van der Waals surface area contributed by atoms with Crippen molar-refractivity contribution < 1.29 is 30.0 Å². The van der Waals surface area contributed by atoms with Crippen molar-refractivity contribution in [1.82, 2.24) is 0 Å². The van der Waals surface area contributed by atoms with Crippen molar-refractivity contribution in [3.05, 3.63) is 12.7 Å². The Bertz CT molecular complexity index is 269. The second-order valence-corrected chi connectivity index (χ2v) is 5.58. The number of carboxylic acids is 2. The molecule has 114 valence electrons. The van der Waals surface area contributed by atoms with E-state index in [1.54, 1.807) is 34.6 Å². The van der Waals surface area contributed by atoms with Gasteiger partial charge in [0.1, 0.15) is 0 Å². The van der Waals surface area contributed by atoms with Crippen molar-refractivity contribution in [2.75, 3.05) is 13.2 Å². The van der Waals surface area contributed by atoms with Gasteiger partial charge in [-0.15, -0.1) is 0 Å². The Morgan fingerprint density at radius 2 is 1.21 bits per heavy atom. The number of aliphatic hydroxyl groups is 2.